The zero-order chi connectivity index (χ0) is 19.1. The van der Waals surface area contributed by atoms with Crippen LogP contribution in [0.1, 0.15) is 5.76 Å². The first-order chi connectivity index (χ1) is 12.1. The Kier molecular flexibility index (Phi) is 4.44. The molecule has 3 rings (SSSR count). The van der Waals surface area contributed by atoms with Gasteiger partial charge in [0, 0.05) is 5.56 Å². The lowest BCUT2D eigenvalue weighted by Gasteiger charge is -2.06. The Labute approximate surface area is 150 Å². The van der Waals surface area contributed by atoms with E-state index in [1.54, 1.807) is 31.2 Å². The highest BCUT2D eigenvalue weighted by Gasteiger charge is 2.19. The second-order valence-electron chi connectivity index (χ2n) is 5.60. The number of nitrogens with two attached hydrogens (primary N) is 2. The molecule has 0 bridgehead atoms. The summed E-state index contributed by atoms with van der Waals surface area (Å²) in [6, 6.07) is 11.9. The molecule has 26 heavy (non-hydrogen) atoms. The van der Waals surface area contributed by atoms with Gasteiger partial charge >= 0.3 is 0 Å². The molecule has 1 aromatic heterocycles. The van der Waals surface area contributed by atoms with Gasteiger partial charge in [0.1, 0.15) is 11.5 Å². The largest absolute Gasteiger partial charge is 0.360 e. The maximum Gasteiger partial charge on any atom is 0.238 e. The summed E-state index contributed by atoms with van der Waals surface area (Å²) in [5.74, 6) is 0.474. The lowest BCUT2D eigenvalue weighted by atomic mass is 9.99. The number of hydrogen-bond donors (Lipinski definition) is 2. The number of benzene rings is 2. The molecule has 0 aliphatic carbocycles. The molecule has 2 aromatic carbocycles. The fourth-order valence-corrected chi connectivity index (χ4v) is 3.62. The highest BCUT2D eigenvalue weighted by molar-refractivity contribution is 7.89. The predicted octanol–water partition coefficient (Wildman–Crippen LogP) is 1.61. The quantitative estimate of drug-likeness (QED) is 0.688. The number of nitrogens with zero attached hydrogens (tertiary/aromatic N) is 1. The topological polar surface area (TPSA) is 146 Å². The third-order valence-corrected chi connectivity index (χ3v) is 5.61. The van der Waals surface area contributed by atoms with Gasteiger partial charge < -0.3 is 4.52 Å². The van der Waals surface area contributed by atoms with E-state index in [1.807, 2.05) is 0 Å². The fourth-order valence-electron chi connectivity index (χ4n) is 2.54. The molecular weight excluding hydrogens is 378 g/mol. The van der Waals surface area contributed by atoms with Crippen molar-refractivity contribution in [2.45, 2.75) is 16.7 Å². The molecule has 0 saturated heterocycles. The van der Waals surface area contributed by atoms with Gasteiger partial charge in [-0.2, -0.15) is 0 Å². The smallest absolute Gasteiger partial charge is 0.238 e. The van der Waals surface area contributed by atoms with Crippen LogP contribution in [0.15, 0.2) is 62.8 Å². The number of aryl methyl sites for hydroxylation is 1. The van der Waals surface area contributed by atoms with E-state index in [4.69, 9.17) is 14.8 Å². The molecule has 0 aliphatic heterocycles. The average molecular weight is 393 g/mol. The van der Waals surface area contributed by atoms with E-state index in [2.05, 4.69) is 5.16 Å². The first-order valence-electron chi connectivity index (χ1n) is 7.30. The van der Waals surface area contributed by atoms with Crippen LogP contribution in [0, 0.1) is 6.92 Å². The molecule has 136 valence electrons. The summed E-state index contributed by atoms with van der Waals surface area (Å²) in [7, 11) is -7.67. The summed E-state index contributed by atoms with van der Waals surface area (Å²) in [6.45, 7) is 1.69. The van der Waals surface area contributed by atoms with Crippen LogP contribution < -0.4 is 10.3 Å². The van der Waals surface area contributed by atoms with Gasteiger partial charge in [-0.15, -0.1) is 0 Å². The lowest BCUT2D eigenvalue weighted by molar-refractivity contribution is 0.400. The molecule has 0 unspecified atom stereocenters. The molecule has 3 aromatic rings. The summed E-state index contributed by atoms with van der Waals surface area (Å²) in [5, 5.41) is 14.3. The van der Waals surface area contributed by atoms with Crippen molar-refractivity contribution in [1.29, 1.82) is 0 Å². The zero-order valence-electron chi connectivity index (χ0n) is 13.6. The number of primary sulfonamides is 2. The van der Waals surface area contributed by atoms with Crippen LogP contribution in [0.2, 0.25) is 0 Å². The minimum atomic E-state index is -3.86. The molecule has 1 heterocycles. The van der Waals surface area contributed by atoms with E-state index >= 15 is 0 Å². The Morgan fingerprint density at radius 2 is 1.46 bits per heavy atom. The average Bonchev–Trinajstić information content (AvgIpc) is 2.95. The third kappa shape index (κ3) is 3.53. The molecular formula is C16H15N3O5S2. The standard InChI is InChI=1S/C16H15N3O5S2/c1-10-15(12-3-2-4-14(9-12)26(18,22)23)16(19-24-10)11-5-7-13(8-6-11)25(17,20)21/h2-9H,1H3,(H2,17,20,21)(H2,18,22,23). The van der Waals surface area contributed by atoms with Gasteiger partial charge in [0.25, 0.3) is 0 Å². The molecule has 0 fully saturated rings. The van der Waals surface area contributed by atoms with E-state index in [1.165, 1.54) is 24.3 Å². The van der Waals surface area contributed by atoms with Crippen molar-refractivity contribution < 1.29 is 21.4 Å². The van der Waals surface area contributed by atoms with Crippen molar-refractivity contribution in [3.8, 4) is 22.4 Å². The summed E-state index contributed by atoms with van der Waals surface area (Å²) in [5.41, 5.74) is 2.17. The zero-order valence-corrected chi connectivity index (χ0v) is 15.2. The van der Waals surface area contributed by atoms with Crippen LogP contribution in [-0.4, -0.2) is 22.0 Å². The maximum absolute atomic E-state index is 11.6. The lowest BCUT2D eigenvalue weighted by Crippen LogP contribution is -2.12. The number of hydrogen-bond acceptors (Lipinski definition) is 6. The monoisotopic (exact) mass is 393 g/mol. The molecule has 0 spiro atoms. The van der Waals surface area contributed by atoms with Gasteiger partial charge in [-0.1, -0.05) is 29.4 Å². The van der Waals surface area contributed by atoms with Gasteiger partial charge in [0.05, 0.1) is 15.4 Å². The minimum Gasteiger partial charge on any atom is -0.360 e. The number of sulfonamides is 2. The molecule has 0 aliphatic rings. The number of rotatable bonds is 4. The van der Waals surface area contributed by atoms with Crippen LogP contribution in [0.4, 0.5) is 0 Å². The van der Waals surface area contributed by atoms with Crippen LogP contribution >= 0.6 is 0 Å². The molecule has 8 nitrogen and oxygen atoms in total. The summed E-state index contributed by atoms with van der Waals surface area (Å²) in [6.07, 6.45) is 0. The van der Waals surface area contributed by atoms with Gasteiger partial charge in [-0.3, -0.25) is 0 Å². The normalized spacial score (nSPS) is 12.3. The van der Waals surface area contributed by atoms with E-state index in [9.17, 15) is 16.8 Å². The minimum absolute atomic E-state index is 0.0285. The Morgan fingerprint density at radius 3 is 2.04 bits per heavy atom. The van der Waals surface area contributed by atoms with Crippen LogP contribution in [0.3, 0.4) is 0 Å². The SMILES string of the molecule is Cc1onc(-c2ccc(S(N)(=O)=O)cc2)c1-c1cccc(S(N)(=O)=O)c1. The Morgan fingerprint density at radius 1 is 0.846 bits per heavy atom. The second kappa shape index (κ2) is 6.32. The van der Waals surface area contributed by atoms with E-state index < -0.39 is 20.0 Å². The van der Waals surface area contributed by atoms with E-state index in [-0.39, 0.29) is 9.79 Å². The van der Waals surface area contributed by atoms with Gasteiger partial charge in [0.15, 0.2) is 0 Å². The Hall–Kier alpha value is -2.53. The predicted molar refractivity (Wildman–Crippen MR) is 94.9 cm³/mol. The second-order valence-corrected chi connectivity index (χ2v) is 8.73. The van der Waals surface area contributed by atoms with E-state index in [0.717, 1.165) is 0 Å². The first-order valence-corrected chi connectivity index (χ1v) is 10.4. The first kappa shape index (κ1) is 18.3. The molecule has 4 N–H and O–H groups in total. The maximum atomic E-state index is 11.6. The molecule has 10 heteroatoms. The van der Waals surface area contributed by atoms with Gasteiger partial charge in [-0.25, -0.2) is 27.1 Å². The number of aromatic nitrogens is 1. The third-order valence-electron chi connectivity index (χ3n) is 3.77. The molecule has 0 amide bonds. The van der Waals surface area contributed by atoms with Gasteiger partial charge in [0.2, 0.25) is 20.0 Å². The highest BCUT2D eigenvalue weighted by Crippen LogP contribution is 2.35. The van der Waals surface area contributed by atoms with E-state index in [0.29, 0.717) is 28.1 Å². The summed E-state index contributed by atoms with van der Waals surface area (Å²) >= 11 is 0. The van der Waals surface area contributed by atoms with Crippen molar-refractivity contribution in [3.05, 3.63) is 54.3 Å². The van der Waals surface area contributed by atoms with Crippen molar-refractivity contribution in [2.75, 3.05) is 0 Å². The fraction of sp³-hybridized carbons (Fsp3) is 0.0625. The van der Waals surface area contributed by atoms with Gasteiger partial charge in [-0.05, 0) is 36.8 Å². The highest BCUT2D eigenvalue weighted by atomic mass is 32.2. The Balaban J connectivity index is 2.14. The van der Waals surface area contributed by atoms with Crippen molar-refractivity contribution in [2.24, 2.45) is 10.3 Å². The summed E-state index contributed by atoms with van der Waals surface area (Å²) < 4.78 is 51.2. The summed E-state index contributed by atoms with van der Waals surface area (Å²) in [4.78, 5) is -0.0645. The van der Waals surface area contributed by atoms with Crippen molar-refractivity contribution in [1.82, 2.24) is 5.16 Å². The van der Waals surface area contributed by atoms with Crippen LogP contribution in [0.25, 0.3) is 22.4 Å². The van der Waals surface area contributed by atoms with Crippen molar-refractivity contribution >= 4 is 20.0 Å². The molecule has 0 radical (unpaired) electrons. The van der Waals surface area contributed by atoms with Crippen LogP contribution in [0.5, 0.6) is 0 Å². The van der Waals surface area contributed by atoms with Crippen molar-refractivity contribution in [3.63, 3.8) is 0 Å². The molecule has 0 atom stereocenters. The molecule has 0 saturated carbocycles. The van der Waals surface area contributed by atoms with Crippen LogP contribution in [-0.2, 0) is 20.0 Å². The Bertz CT molecular complexity index is 1180.